The van der Waals surface area contributed by atoms with E-state index < -0.39 is 0 Å². The van der Waals surface area contributed by atoms with Gasteiger partial charge < -0.3 is 0 Å². The monoisotopic (exact) mass is 218 g/mol. The zero-order valence-electron chi connectivity index (χ0n) is 9.75. The molecule has 4 aliphatic rings. The lowest BCUT2D eigenvalue weighted by Gasteiger charge is -2.49. The first-order valence-corrected chi connectivity index (χ1v) is 6.10. The van der Waals surface area contributed by atoms with Gasteiger partial charge in [-0.05, 0) is 44.8 Å². The lowest BCUT2D eigenvalue weighted by Crippen LogP contribution is -2.58. The quantitative estimate of drug-likeness (QED) is 0.671. The van der Waals surface area contributed by atoms with E-state index in [2.05, 4.69) is 28.3 Å². The van der Waals surface area contributed by atoms with Crippen molar-refractivity contribution >= 4 is 0 Å². The molecular weight excluding hydrogens is 200 g/mol. The molecule has 1 unspecified atom stereocenters. The molecule has 1 spiro atoms. The third-order valence-corrected chi connectivity index (χ3v) is 4.00. The normalized spacial score (nSPS) is 40.2. The summed E-state index contributed by atoms with van der Waals surface area (Å²) >= 11 is 0. The first kappa shape index (κ1) is 10.2. The smallest absolute Gasteiger partial charge is 0.131 e. The van der Waals surface area contributed by atoms with Crippen molar-refractivity contribution in [3.05, 3.63) is 11.8 Å². The van der Waals surface area contributed by atoms with Gasteiger partial charge in [-0.15, -0.1) is 5.92 Å². The van der Waals surface area contributed by atoms with E-state index in [0.29, 0.717) is 5.92 Å². The molecule has 1 N–H and O–H groups in total. The standard InChI is InChI=1S/C13H18N2O/c1-2-3-4-12-9-13(16-14-12)10-15-7-5-11(13)6-8-15/h9,11,14H,4-8,10H2,1H3. The predicted octanol–water partition coefficient (Wildman–Crippen LogP) is 1.28. The average molecular weight is 218 g/mol. The first-order valence-electron chi connectivity index (χ1n) is 6.10. The number of allylic oxidation sites excluding steroid dienone is 1. The number of fused-ring (bicyclic) bond motifs is 2. The molecule has 0 aliphatic carbocycles. The van der Waals surface area contributed by atoms with Gasteiger partial charge in [0.15, 0.2) is 0 Å². The summed E-state index contributed by atoms with van der Waals surface area (Å²) in [6.45, 7) is 5.41. The number of rotatable bonds is 1. The highest BCUT2D eigenvalue weighted by molar-refractivity contribution is 5.23. The number of hydroxylamine groups is 1. The van der Waals surface area contributed by atoms with Crippen molar-refractivity contribution in [2.24, 2.45) is 5.92 Å². The average Bonchev–Trinajstić information content (AvgIpc) is 2.71. The fourth-order valence-corrected chi connectivity index (χ4v) is 3.12. The molecule has 0 radical (unpaired) electrons. The van der Waals surface area contributed by atoms with Crippen molar-refractivity contribution in [3.8, 4) is 11.8 Å². The van der Waals surface area contributed by atoms with Gasteiger partial charge in [0.05, 0.1) is 6.42 Å². The topological polar surface area (TPSA) is 24.5 Å². The van der Waals surface area contributed by atoms with Gasteiger partial charge in [-0.25, -0.2) is 0 Å². The molecule has 4 aliphatic heterocycles. The van der Waals surface area contributed by atoms with Gasteiger partial charge >= 0.3 is 0 Å². The van der Waals surface area contributed by atoms with E-state index in [9.17, 15) is 0 Å². The zero-order chi connectivity index (χ0) is 11.0. The third kappa shape index (κ3) is 1.53. The lowest BCUT2D eigenvalue weighted by atomic mass is 9.75. The Hall–Kier alpha value is -0.980. The summed E-state index contributed by atoms with van der Waals surface area (Å²) in [7, 11) is 0. The van der Waals surface area contributed by atoms with Crippen LogP contribution in [0.3, 0.4) is 0 Å². The van der Waals surface area contributed by atoms with Gasteiger partial charge in [-0.3, -0.25) is 15.2 Å². The fraction of sp³-hybridized carbons (Fsp3) is 0.692. The zero-order valence-corrected chi connectivity index (χ0v) is 9.75. The summed E-state index contributed by atoms with van der Waals surface area (Å²) in [6, 6.07) is 0. The van der Waals surface area contributed by atoms with E-state index >= 15 is 0 Å². The highest BCUT2D eigenvalue weighted by Crippen LogP contribution is 2.41. The summed E-state index contributed by atoms with van der Waals surface area (Å²) in [4.78, 5) is 8.38. The second kappa shape index (κ2) is 3.80. The molecule has 86 valence electrons. The number of hydrogen-bond donors (Lipinski definition) is 1. The Balaban J connectivity index is 1.79. The van der Waals surface area contributed by atoms with Gasteiger partial charge in [-0.1, -0.05) is 5.92 Å². The van der Waals surface area contributed by atoms with Crippen LogP contribution in [0.1, 0.15) is 26.2 Å². The van der Waals surface area contributed by atoms with Crippen LogP contribution < -0.4 is 5.48 Å². The van der Waals surface area contributed by atoms with Crippen LogP contribution in [0.15, 0.2) is 11.8 Å². The van der Waals surface area contributed by atoms with Crippen LogP contribution >= 0.6 is 0 Å². The molecule has 0 amide bonds. The minimum absolute atomic E-state index is 0.0543. The molecule has 0 saturated carbocycles. The molecule has 3 fully saturated rings. The SMILES string of the molecule is CC#CCC1=CC2(CN3CCC2CC3)ON1. The second-order valence-corrected chi connectivity index (χ2v) is 4.98. The molecule has 4 rings (SSSR count). The van der Waals surface area contributed by atoms with Gasteiger partial charge in [0.2, 0.25) is 0 Å². The van der Waals surface area contributed by atoms with Crippen molar-refractivity contribution in [1.82, 2.24) is 10.4 Å². The van der Waals surface area contributed by atoms with Crippen molar-refractivity contribution in [2.45, 2.75) is 31.8 Å². The number of nitrogens with one attached hydrogen (secondary N) is 1. The van der Waals surface area contributed by atoms with Crippen LogP contribution in [-0.4, -0.2) is 30.1 Å². The van der Waals surface area contributed by atoms with Gasteiger partial charge in [-0.2, -0.15) is 0 Å². The van der Waals surface area contributed by atoms with Crippen LogP contribution in [0.4, 0.5) is 0 Å². The van der Waals surface area contributed by atoms with E-state index in [0.717, 1.165) is 18.7 Å². The summed E-state index contributed by atoms with van der Waals surface area (Å²) in [5.74, 6) is 6.70. The Bertz CT molecular complexity index is 371. The van der Waals surface area contributed by atoms with Gasteiger partial charge in [0.1, 0.15) is 5.60 Å². The Kier molecular flexibility index (Phi) is 2.42. The van der Waals surface area contributed by atoms with Crippen LogP contribution in [0, 0.1) is 17.8 Å². The molecule has 3 saturated heterocycles. The van der Waals surface area contributed by atoms with E-state index in [-0.39, 0.29) is 5.60 Å². The van der Waals surface area contributed by atoms with E-state index in [1.807, 2.05) is 6.92 Å². The molecule has 4 heterocycles. The fourth-order valence-electron chi connectivity index (χ4n) is 3.12. The van der Waals surface area contributed by atoms with E-state index in [1.54, 1.807) is 0 Å². The molecule has 0 aromatic heterocycles. The molecule has 2 bridgehead atoms. The van der Waals surface area contributed by atoms with Crippen LogP contribution in [0.25, 0.3) is 0 Å². The summed E-state index contributed by atoms with van der Waals surface area (Å²) in [5.41, 5.74) is 4.16. The Morgan fingerprint density at radius 3 is 3.00 bits per heavy atom. The Labute approximate surface area is 96.8 Å². The maximum atomic E-state index is 5.87. The molecule has 0 aromatic rings. The summed E-state index contributed by atoms with van der Waals surface area (Å²) < 4.78 is 0. The Morgan fingerprint density at radius 1 is 1.56 bits per heavy atom. The van der Waals surface area contributed by atoms with Crippen LogP contribution in [0.5, 0.6) is 0 Å². The Morgan fingerprint density at radius 2 is 2.38 bits per heavy atom. The molecule has 3 heteroatoms. The van der Waals surface area contributed by atoms with Gasteiger partial charge in [0.25, 0.3) is 0 Å². The number of hydrogen-bond acceptors (Lipinski definition) is 3. The highest BCUT2D eigenvalue weighted by atomic mass is 16.7. The predicted molar refractivity (Wildman–Crippen MR) is 62.3 cm³/mol. The molecule has 1 atom stereocenters. The van der Waals surface area contributed by atoms with Crippen molar-refractivity contribution < 1.29 is 4.84 Å². The van der Waals surface area contributed by atoms with E-state index in [1.165, 1.54) is 25.9 Å². The summed E-state index contributed by atoms with van der Waals surface area (Å²) in [6.07, 6.45) is 5.61. The largest absolute Gasteiger partial charge is 0.300 e. The molecular formula is C13H18N2O. The highest BCUT2D eigenvalue weighted by Gasteiger charge is 2.49. The van der Waals surface area contributed by atoms with Gasteiger partial charge in [0, 0.05) is 12.2 Å². The molecule has 16 heavy (non-hydrogen) atoms. The first-order chi connectivity index (χ1) is 7.82. The minimum atomic E-state index is -0.0543. The van der Waals surface area contributed by atoms with Crippen molar-refractivity contribution in [1.29, 1.82) is 0 Å². The maximum Gasteiger partial charge on any atom is 0.131 e. The minimum Gasteiger partial charge on any atom is -0.300 e. The number of piperidine rings is 3. The third-order valence-electron chi connectivity index (χ3n) is 4.00. The second-order valence-electron chi connectivity index (χ2n) is 4.98. The lowest BCUT2D eigenvalue weighted by molar-refractivity contribution is -0.138. The number of nitrogens with zero attached hydrogens (tertiary/aromatic N) is 1. The molecule has 3 nitrogen and oxygen atoms in total. The van der Waals surface area contributed by atoms with E-state index in [4.69, 9.17) is 4.84 Å². The van der Waals surface area contributed by atoms with Crippen LogP contribution in [-0.2, 0) is 4.84 Å². The maximum absolute atomic E-state index is 5.87. The summed E-state index contributed by atoms with van der Waals surface area (Å²) in [5, 5.41) is 0. The van der Waals surface area contributed by atoms with Crippen molar-refractivity contribution in [2.75, 3.05) is 19.6 Å². The van der Waals surface area contributed by atoms with Crippen molar-refractivity contribution in [3.63, 3.8) is 0 Å². The van der Waals surface area contributed by atoms with Crippen LogP contribution in [0.2, 0.25) is 0 Å². The molecule has 0 aromatic carbocycles.